The molecule has 19 heavy (non-hydrogen) atoms. The topological polar surface area (TPSA) is 39.1 Å². The van der Waals surface area contributed by atoms with E-state index in [-0.39, 0.29) is 6.04 Å². The molecule has 4 nitrogen and oxygen atoms in total. The first kappa shape index (κ1) is 13.6. The molecule has 0 saturated carbocycles. The number of hydrogen-bond donors (Lipinski definition) is 1. The number of methoxy groups -OCH3 is 1. The Morgan fingerprint density at radius 3 is 2.74 bits per heavy atom. The Balaban J connectivity index is 2.53. The van der Waals surface area contributed by atoms with E-state index in [1.807, 2.05) is 18.8 Å². The van der Waals surface area contributed by atoms with Gasteiger partial charge in [0.15, 0.2) is 5.75 Å². The first-order chi connectivity index (χ1) is 9.22. The highest BCUT2D eigenvalue weighted by Gasteiger charge is 2.22. The van der Waals surface area contributed by atoms with Crippen molar-refractivity contribution in [1.82, 2.24) is 15.1 Å². The van der Waals surface area contributed by atoms with E-state index in [4.69, 9.17) is 4.74 Å². The third kappa shape index (κ3) is 2.49. The van der Waals surface area contributed by atoms with E-state index in [1.165, 1.54) is 11.1 Å². The maximum Gasteiger partial charge on any atom is 0.161 e. The lowest BCUT2D eigenvalue weighted by molar-refractivity contribution is 0.402. The van der Waals surface area contributed by atoms with Gasteiger partial charge >= 0.3 is 0 Å². The van der Waals surface area contributed by atoms with Gasteiger partial charge in [0.1, 0.15) is 5.69 Å². The number of aromatic nitrogens is 2. The normalized spacial score (nSPS) is 12.4. The summed E-state index contributed by atoms with van der Waals surface area (Å²) < 4.78 is 7.29. The molecule has 0 fully saturated rings. The molecule has 0 amide bonds. The Morgan fingerprint density at radius 2 is 2.11 bits per heavy atom. The molecular formula is C15H21N3O. The minimum absolute atomic E-state index is 0.0820. The van der Waals surface area contributed by atoms with Gasteiger partial charge in [-0.15, -0.1) is 0 Å². The Morgan fingerprint density at radius 1 is 1.37 bits per heavy atom. The van der Waals surface area contributed by atoms with Crippen molar-refractivity contribution >= 4 is 0 Å². The van der Waals surface area contributed by atoms with Gasteiger partial charge in [-0.05, 0) is 24.6 Å². The van der Waals surface area contributed by atoms with Crippen molar-refractivity contribution in [1.29, 1.82) is 0 Å². The van der Waals surface area contributed by atoms with Crippen LogP contribution in [0.3, 0.4) is 0 Å². The van der Waals surface area contributed by atoms with Crippen molar-refractivity contribution in [2.75, 3.05) is 14.2 Å². The van der Waals surface area contributed by atoms with Crippen LogP contribution in [-0.4, -0.2) is 23.9 Å². The van der Waals surface area contributed by atoms with Crippen LogP contribution in [0.2, 0.25) is 0 Å². The second-order valence-electron chi connectivity index (χ2n) is 4.50. The van der Waals surface area contributed by atoms with Crippen LogP contribution in [0.5, 0.6) is 5.75 Å². The number of aryl methyl sites for hydroxylation is 2. The van der Waals surface area contributed by atoms with E-state index >= 15 is 0 Å². The van der Waals surface area contributed by atoms with Gasteiger partial charge in [0.25, 0.3) is 0 Å². The lowest BCUT2D eigenvalue weighted by Crippen LogP contribution is -2.22. The Kier molecular flexibility index (Phi) is 4.22. The van der Waals surface area contributed by atoms with E-state index in [2.05, 4.69) is 41.6 Å². The number of nitrogens with zero attached hydrogens (tertiary/aromatic N) is 2. The van der Waals surface area contributed by atoms with Gasteiger partial charge in [0.2, 0.25) is 0 Å². The zero-order chi connectivity index (χ0) is 13.8. The lowest BCUT2D eigenvalue weighted by Gasteiger charge is -2.21. The maximum atomic E-state index is 5.42. The molecular weight excluding hydrogens is 238 g/mol. The van der Waals surface area contributed by atoms with Gasteiger partial charge in [-0.3, -0.25) is 4.68 Å². The van der Waals surface area contributed by atoms with Crippen LogP contribution < -0.4 is 10.1 Å². The summed E-state index contributed by atoms with van der Waals surface area (Å²) >= 11 is 0. The highest BCUT2D eigenvalue weighted by molar-refractivity contribution is 5.40. The Hall–Kier alpha value is -1.81. The number of ether oxygens (including phenoxy) is 1. The van der Waals surface area contributed by atoms with Crippen LogP contribution in [-0.2, 0) is 13.5 Å². The van der Waals surface area contributed by atoms with E-state index in [0.29, 0.717) is 0 Å². The van der Waals surface area contributed by atoms with Crippen molar-refractivity contribution in [3.63, 3.8) is 0 Å². The summed E-state index contributed by atoms with van der Waals surface area (Å²) in [4.78, 5) is 0. The molecule has 1 atom stereocenters. The van der Waals surface area contributed by atoms with Gasteiger partial charge in [-0.25, -0.2) is 0 Å². The maximum absolute atomic E-state index is 5.42. The van der Waals surface area contributed by atoms with Crippen molar-refractivity contribution in [2.24, 2.45) is 7.05 Å². The molecule has 0 radical (unpaired) electrons. The molecule has 1 heterocycles. The summed E-state index contributed by atoms with van der Waals surface area (Å²) in [5, 5.41) is 7.66. The first-order valence-electron chi connectivity index (χ1n) is 6.53. The van der Waals surface area contributed by atoms with Gasteiger partial charge < -0.3 is 10.1 Å². The third-order valence-electron chi connectivity index (χ3n) is 3.48. The smallest absolute Gasteiger partial charge is 0.161 e. The van der Waals surface area contributed by atoms with Crippen molar-refractivity contribution in [2.45, 2.75) is 19.4 Å². The van der Waals surface area contributed by atoms with Crippen LogP contribution in [0, 0.1) is 0 Å². The molecule has 0 spiro atoms. The quantitative estimate of drug-likeness (QED) is 0.895. The predicted molar refractivity (Wildman–Crippen MR) is 76.5 cm³/mol. The summed E-state index contributed by atoms with van der Waals surface area (Å²) in [6, 6.07) is 8.56. The Labute approximate surface area is 114 Å². The summed E-state index contributed by atoms with van der Waals surface area (Å²) in [5.74, 6) is 0.813. The number of benzene rings is 1. The predicted octanol–water partition coefficient (Wildman–Crippen LogP) is 2.30. The minimum Gasteiger partial charge on any atom is -0.493 e. The second-order valence-corrected chi connectivity index (χ2v) is 4.50. The molecule has 102 valence electrons. The van der Waals surface area contributed by atoms with E-state index < -0.39 is 0 Å². The fraction of sp³-hybridized carbons (Fsp3) is 0.400. The summed E-state index contributed by atoms with van der Waals surface area (Å²) in [6.07, 6.45) is 2.77. The molecule has 1 aromatic heterocycles. The zero-order valence-corrected chi connectivity index (χ0v) is 12.0. The zero-order valence-electron chi connectivity index (χ0n) is 12.0. The fourth-order valence-corrected chi connectivity index (χ4v) is 2.49. The number of rotatable bonds is 5. The largest absolute Gasteiger partial charge is 0.493 e. The van der Waals surface area contributed by atoms with Crippen LogP contribution in [0.4, 0.5) is 0 Å². The van der Waals surface area contributed by atoms with Crippen molar-refractivity contribution < 1.29 is 4.74 Å². The van der Waals surface area contributed by atoms with Crippen molar-refractivity contribution in [3.8, 4) is 5.75 Å². The van der Waals surface area contributed by atoms with Crippen LogP contribution in [0.1, 0.15) is 29.8 Å². The SMILES string of the molecule is CCc1ccccc1C(NC)c1c(OC)cnn1C. The molecule has 0 aliphatic rings. The molecule has 0 aliphatic carbocycles. The van der Waals surface area contributed by atoms with Gasteiger partial charge in [-0.1, -0.05) is 31.2 Å². The van der Waals surface area contributed by atoms with Crippen LogP contribution in [0.25, 0.3) is 0 Å². The highest BCUT2D eigenvalue weighted by Crippen LogP contribution is 2.31. The lowest BCUT2D eigenvalue weighted by atomic mass is 9.96. The Bertz CT molecular complexity index is 548. The molecule has 1 unspecified atom stereocenters. The van der Waals surface area contributed by atoms with Gasteiger partial charge in [0.05, 0.1) is 19.3 Å². The molecule has 0 aliphatic heterocycles. The molecule has 4 heteroatoms. The van der Waals surface area contributed by atoms with Crippen molar-refractivity contribution in [3.05, 3.63) is 47.3 Å². The van der Waals surface area contributed by atoms with Crippen LogP contribution >= 0.6 is 0 Å². The summed E-state index contributed by atoms with van der Waals surface area (Å²) in [5.41, 5.74) is 3.66. The minimum atomic E-state index is 0.0820. The fourth-order valence-electron chi connectivity index (χ4n) is 2.49. The standard InChI is InChI=1S/C15H21N3O/c1-5-11-8-6-7-9-12(11)14(16-2)15-13(19-4)10-17-18(15)3/h6-10,14,16H,5H2,1-4H3. The molecule has 2 rings (SSSR count). The summed E-state index contributed by atoms with van der Waals surface area (Å²) in [6.45, 7) is 2.17. The van der Waals surface area contributed by atoms with E-state index in [1.54, 1.807) is 13.3 Å². The van der Waals surface area contributed by atoms with E-state index in [0.717, 1.165) is 17.9 Å². The average Bonchev–Trinajstić information content (AvgIpc) is 2.82. The second kappa shape index (κ2) is 5.89. The summed E-state index contributed by atoms with van der Waals surface area (Å²) in [7, 11) is 5.58. The third-order valence-corrected chi connectivity index (χ3v) is 3.48. The molecule has 2 aromatic rings. The molecule has 0 bridgehead atoms. The first-order valence-corrected chi connectivity index (χ1v) is 6.53. The molecule has 1 N–H and O–H groups in total. The number of hydrogen-bond acceptors (Lipinski definition) is 3. The van der Waals surface area contributed by atoms with Gasteiger partial charge in [0, 0.05) is 7.05 Å². The van der Waals surface area contributed by atoms with E-state index in [9.17, 15) is 0 Å². The average molecular weight is 259 g/mol. The number of nitrogens with one attached hydrogen (secondary N) is 1. The molecule has 0 saturated heterocycles. The van der Waals surface area contributed by atoms with Gasteiger partial charge in [-0.2, -0.15) is 5.10 Å². The molecule has 1 aromatic carbocycles. The van der Waals surface area contributed by atoms with Crippen LogP contribution in [0.15, 0.2) is 30.5 Å². The highest BCUT2D eigenvalue weighted by atomic mass is 16.5. The monoisotopic (exact) mass is 259 g/mol.